The second-order valence-electron chi connectivity index (χ2n) is 3.70. The Labute approximate surface area is 94.0 Å². The van der Waals surface area contributed by atoms with Crippen LogP contribution in [0.25, 0.3) is 0 Å². The van der Waals surface area contributed by atoms with Gasteiger partial charge in [-0.3, -0.25) is 4.79 Å². The van der Waals surface area contributed by atoms with Crippen molar-refractivity contribution < 1.29 is 9.53 Å². The highest BCUT2D eigenvalue weighted by Gasteiger charge is 2.23. The van der Waals surface area contributed by atoms with Crippen molar-refractivity contribution in [3.05, 3.63) is 29.8 Å². The molecule has 0 aliphatic carbocycles. The van der Waals surface area contributed by atoms with Crippen LogP contribution < -0.4 is 0 Å². The van der Waals surface area contributed by atoms with E-state index in [9.17, 15) is 4.79 Å². The third-order valence-corrected chi connectivity index (χ3v) is 3.33. The Morgan fingerprint density at radius 2 is 2.13 bits per heavy atom. The number of hydrogen-bond donors (Lipinski definition) is 0. The minimum atomic E-state index is -0.0549. The number of esters is 1. The van der Waals surface area contributed by atoms with Crippen LogP contribution in [0, 0.1) is 0 Å². The summed E-state index contributed by atoms with van der Waals surface area (Å²) in [6.07, 6.45) is 4.45. The van der Waals surface area contributed by atoms with Gasteiger partial charge in [0.05, 0.1) is 0 Å². The summed E-state index contributed by atoms with van der Waals surface area (Å²) in [6, 6.07) is 8.43. The monoisotopic (exact) mass is 222 g/mol. The molecule has 2 nitrogen and oxygen atoms in total. The summed E-state index contributed by atoms with van der Waals surface area (Å²) in [7, 11) is 0. The minimum absolute atomic E-state index is 0.0549. The van der Waals surface area contributed by atoms with Gasteiger partial charge in [-0.2, -0.15) is 0 Å². The Bertz CT molecular complexity index is 345. The van der Waals surface area contributed by atoms with Crippen LogP contribution in [0.3, 0.4) is 0 Å². The van der Waals surface area contributed by atoms with Crippen LogP contribution >= 0.6 is 11.8 Å². The second kappa shape index (κ2) is 4.71. The number of carbonyl (C=O) groups is 1. The van der Waals surface area contributed by atoms with E-state index in [-0.39, 0.29) is 12.1 Å². The van der Waals surface area contributed by atoms with Gasteiger partial charge < -0.3 is 4.74 Å². The van der Waals surface area contributed by atoms with Gasteiger partial charge in [0.25, 0.3) is 0 Å². The number of hydrogen-bond acceptors (Lipinski definition) is 3. The van der Waals surface area contributed by atoms with E-state index >= 15 is 0 Å². The average Bonchev–Trinajstić information content (AvgIpc) is 2.65. The van der Waals surface area contributed by atoms with E-state index in [0.29, 0.717) is 6.42 Å². The van der Waals surface area contributed by atoms with Gasteiger partial charge in [0, 0.05) is 17.7 Å². The van der Waals surface area contributed by atoms with E-state index in [1.54, 1.807) is 11.8 Å². The molecule has 1 heterocycles. The SMILES string of the molecule is CSc1ccc(C[C@@H]2CCC(=O)O2)cc1. The van der Waals surface area contributed by atoms with Crippen molar-refractivity contribution in [3.8, 4) is 0 Å². The van der Waals surface area contributed by atoms with E-state index in [0.717, 1.165) is 12.8 Å². The van der Waals surface area contributed by atoms with Crippen LogP contribution in [0.15, 0.2) is 29.2 Å². The molecule has 15 heavy (non-hydrogen) atoms. The average molecular weight is 222 g/mol. The predicted octanol–water partition coefficient (Wildman–Crippen LogP) is 2.66. The zero-order chi connectivity index (χ0) is 10.7. The van der Waals surface area contributed by atoms with E-state index in [2.05, 4.69) is 30.5 Å². The van der Waals surface area contributed by atoms with Gasteiger partial charge in [-0.1, -0.05) is 12.1 Å². The number of benzene rings is 1. The molecule has 0 amide bonds. The van der Waals surface area contributed by atoms with Gasteiger partial charge in [-0.15, -0.1) is 11.8 Å². The third kappa shape index (κ3) is 2.75. The second-order valence-corrected chi connectivity index (χ2v) is 4.58. The lowest BCUT2D eigenvalue weighted by atomic mass is 10.1. The molecule has 0 aromatic heterocycles. The first-order chi connectivity index (χ1) is 7.28. The highest BCUT2D eigenvalue weighted by atomic mass is 32.2. The molecule has 1 aliphatic heterocycles. The molecule has 2 rings (SSSR count). The molecule has 0 N–H and O–H groups in total. The smallest absolute Gasteiger partial charge is 0.306 e. The summed E-state index contributed by atoms with van der Waals surface area (Å²) >= 11 is 1.74. The van der Waals surface area contributed by atoms with Gasteiger partial charge in [0.15, 0.2) is 0 Å². The minimum Gasteiger partial charge on any atom is -0.462 e. The number of cyclic esters (lactones) is 1. The summed E-state index contributed by atoms with van der Waals surface area (Å²) in [5.41, 5.74) is 1.24. The van der Waals surface area contributed by atoms with Gasteiger partial charge in [0.1, 0.15) is 6.10 Å². The fraction of sp³-hybridized carbons (Fsp3) is 0.417. The van der Waals surface area contributed by atoms with Crippen LogP contribution in [0.1, 0.15) is 18.4 Å². The fourth-order valence-corrected chi connectivity index (χ4v) is 2.16. The lowest BCUT2D eigenvalue weighted by Gasteiger charge is -2.09. The van der Waals surface area contributed by atoms with Crippen LogP contribution in [0.2, 0.25) is 0 Å². The first-order valence-corrected chi connectivity index (χ1v) is 6.33. The molecule has 3 heteroatoms. The molecule has 0 spiro atoms. The van der Waals surface area contributed by atoms with Gasteiger partial charge in [0.2, 0.25) is 0 Å². The van der Waals surface area contributed by atoms with Crippen molar-refractivity contribution in [1.82, 2.24) is 0 Å². The van der Waals surface area contributed by atoms with E-state index in [1.165, 1.54) is 10.5 Å². The normalized spacial score (nSPS) is 20.3. The molecule has 1 aromatic carbocycles. The lowest BCUT2D eigenvalue weighted by Crippen LogP contribution is -2.10. The Kier molecular flexibility index (Phi) is 3.31. The Morgan fingerprint density at radius 1 is 1.40 bits per heavy atom. The largest absolute Gasteiger partial charge is 0.462 e. The van der Waals surface area contributed by atoms with Crippen molar-refractivity contribution in [2.24, 2.45) is 0 Å². The van der Waals surface area contributed by atoms with Crippen LogP contribution in [0.5, 0.6) is 0 Å². The molecular weight excluding hydrogens is 208 g/mol. The molecule has 0 unspecified atom stereocenters. The van der Waals surface area contributed by atoms with Crippen molar-refractivity contribution in [2.45, 2.75) is 30.3 Å². The van der Waals surface area contributed by atoms with Gasteiger partial charge in [-0.05, 0) is 30.4 Å². The maximum Gasteiger partial charge on any atom is 0.306 e. The standard InChI is InChI=1S/C12H14O2S/c1-15-11-5-2-9(3-6-11)8-10-4-7-12(13)14-10/h2-3,5-6,10H,4,7-8H2,1H3/t10-/m0/s1. The van der Waals surface area contributed by atoms with E-state index in [1.807, 2.05) is 0 Å². The molecule has 0 bridgehead atoms. The molecule has 1 fully saturated rings. The molecule has 1 saturated heterocycles. The molecule has 0 saturated carbocycles. The number of ether oxygens (including phenoxy) is 1. The molecule has 0 radical (unpaired) electrons. The quantitative estimate of drug-likeness (QED) is 0.581. The number of carbonyl (C=O) groups excluding carboxylic acids is 1. The first kappa shape index (κ1) is 10.6. The van der Waals surface area contributed by atoms with Gasteiger partial charge in [-0.25, -0.2) is 0 Å². The van der Waals surface area contributed by atoms with Crippen molar-refractivity contribution in [3.63, 3.8) is 0 Å². The third-order valence-electron chi connectivity index (χ3n) is 2.59. The molecule has 80 valence electrons. The van der Waals surface area contributed by atoms with Gasteiger partial charge >= 0.3 is 5.97 Å². The summed E-state index contributed by atoms with van der Waals surface area (Å²) in [5.74, 6) is -0.0549. The summed E-state index contributed by atoms with van der Waals surface area (Å²) in [5, 5.41) is 0. The predicted molar refractivity (Wildman–Crippen MR) is 61.0 cm³/mol. The first-order valence-electron chi connectivity index (χ1n) is 5.10. The highest BCUT2D eigenvalue weighted by Crippen LogP contribution is 2.20. The summed E-state index contributed by atoms with van der Waals surface area (Å²) in [6.45, 7) is 0. The fourth-order valence-electron chi connectivity index (χ4n) is 1.75. The Hall–Kier alpha value is -0.960. The van der Waals surface area contributed by atoms with Crippen LogP contribution in [0.4, 0.5) is 0 Å². The Balaban J connectivity index is 1.96. The molecule has 1 aromatic rings. The van der Waals surface area contributed by atoms with Crippen LogP contribution in [-0.2, 0) is 16.0 Å². The van der Waals surface area contributed by atoms with E-state index in [4.69, 9.17) is 4.74 Å². The van der Waals surface area contributed by atoms with Crippen molar-refractivity contribution in [2.75, 3.05) is 6.26 Å². The zero-order valence-corrected chi connectivity index (χ0v) is 9.55. The maximum absolute atomic E-state index is 10.9. The maximum atomic E-state index is 10.9. The molecule has 1 aliphatic rings. The summed E-state index contributed by atoms with van der Waals surface area (Å²) in [4.78, 5) is 12.2. The molecule has 1 atom stereocenters. The Morgan fingerprint density at radius 3 is 2.67 bits per heavy atom. The zero-order valence-electron chi connectivity index (χ0n) is 8.73. The molecular formula is C12H14O2S. The number of thioether (sulfide) groups is 1. The van der Waals surface area contributed by atoms with Crippen molar-refractivity contribution in [1.29, 1.82) is 0 Å². The van der Waals surface area contributed by atoms with Crippen LogP contribution in [-0.4, -0.2) is 18.3 Å². The number of rotatable bonds is 3. The lowest BCUT2D eigenvalue weighted by molar-refractivity contribution is -0.141. The topological polar surface area (TPSA) is 26.3 Å². The van der Waals surface area contributed by atoms with Crippen molar-refractivity contribution >= 4 is 17.7 Å². The highest BCUT2D eigenvalue weighted by molar-refractivity contribution is 7.98. The summed E-state index contributed by atoms with van der Waals surface area (Å²) < 4.78 is 5.18. The van der Waals surface area contributed by atoms with E-state index < -0.39 is 0 Å².